The summed E-state index contributed by atoms with van der Waals surface area (Å²) in [5, 5.41) is 7.44. The van der Waals surface area contributed by atoms with Crippen LogP contribution in [0.25, 0.3) is 0 Å². The number of benzene rings is 1. The molecule has 0 atom stereocenters. The van der Waals surface area contributed by atoms with Crippen molar-refractivity contribution in [2.24, 2.45) is 0 Å². The van der Waals surface area contributed by atoms with Crippen LogP contribution in [0.5, 0.6) is 0 Å². The highest BCUT2D eigenvalue weighted by Crippen LogP contribution is 2.17. The molecule has 0 bridgehead atoms. The first-order valence-corrected chi connectivity index (χ1v) is 4.19. The molecule has 0 fully saturated rings. The van der Waals surface area contributed by atoms with Crippen LogP contribution >= 0.6 is 11.6 Å². The summed E-state index contributed by atoms with van der Waals surface area (Å²) in [4.78, 5) is 21.2. The number of carboxylic acid groups (broad SMARTS) is 1. The van der Waals surface area contributed by atoms with Crippen LogP contribution in [-0.2, 0) is 11.2 Å². The summed E-state index contributed by atoms with van der Waals surface area (Å²) in [5.74, 6) is -3.72. The topological polar surface area (TPSA) is 54.4 Å². The van der Waals surface area contributed by atoms with Gasteiger partial charge in [0, 0.05) is 5.56 Å². The van der Waals surface area contributed by atoms with Gasteiger partial charge < -0.3 is 5.11 Å². The van der Waals surface area contributed by atoms with Crippen molar-refractivity contribution in [3.05, 3.63) is 34.9 Å². The Bertz CT molecular complexity index is 432. The molecule has 0 aliphatic rings. The van der Waals surface area contributed by atoms with E-state index in [-0.39, 0.29) is 11.1 Å². The minimum Gasteiger partial charge on any atom is -0.481 e. The molecule has 1 aromatic rings. The average Bonchev–Trinajstić information content (AvgIpc) is 2.09. The van der Waals surface area contributed by atoms with Gasteiger partial charge >= 0.3 is 5.97 Å². The maximum atomic E-state index is 12.8. The highest BCUT2D eigenvalue weighted by Gasteiger charge is 2.16. The summed E-state index contributed by atoms with van der Waals surface area (Å²) in [6, 6.07) is 1.24. The van der Waals surface area contributed by atoms with E-state index in [1.807, 2.05) is 0 Å². The molecule has 1 N–H and O–H groups in total. The fourth-order valence-corrected chi connectivity index (χ4v) is 1.26. The maximum absolute atomic E-state index is 12.8. The van der Waals surface area contributed by atoms with Gasteiger partial charge in [0.2, 0.25) is 0 Å². The van der Waals surface area contributed by atoms with Crippen molar-refractivity contribution in [3.8, 4) is 0 Å². The van der Waals surface area contributed by atoms with Gasteiger partial charge in [-0.05, 0) is 29.3 Å². The van der Waals surface area contributed by atoms with Gasteiger partial charge in [-0.3, -0.25) is 9.59 Å². The number of carboxylic acids is 1. The second-order valence-corrected chi connectivity index (χ2v) is 3.11. The Morgan fingerprint density at radius 1 is 1.27 bits per heavy atom. The molecule has 6 heteroatoms. The van der Waals surface area contributed by atoms with Gasteiger partial charge in [0.1, 0.15) is 0 Å². The molecule has 0 saturated carbocycles. The molecular formula is C9H5ClF2O3. The second-order valence-electron chi connectivity index (χ2n) is 2.77. The smallest absolute Gasteiger partial charge is 0.307 e. The largest absolute Gasteiger partial charge is 0.481 e. The van der Waals surface area contributed by atoms with Gasteiger partial charge in [-0.2, -0.15) is 0 Å². The molecule has 0 aromatic heterocycles. The van der Waals surface area contributed by atoms with Crippen molar-refractivity contribution in [1.82, 2.24) is 0 Å². The van der Waals surface area contributed by atoms with Crippen LogP contribution in [0.2, 0.25) is 0 Å². The van der Waals surface area contributed by atoms with Crippen LogP contribution in [0.3, 0.4) is 0 Å². The number of halogens is 3. The second kappa shape index (κ2) is 4.35. The van der Waals surface area contributed by atoms with Crippen molar-refractivity contribution < 1.29 is 23.5 Å². The Morgan fingerprint density at radius 2 is 1.80 bits per heavy atom. The molecule has 0 amide bonds. The normalized spacial score (nSPS) is 10.1. The minimum atomic E-state index is -1.26. The van der Waals surface area contributed by atoms with E-state index in [2.05, 4.69) is 0 Å². The first-order chi connectivity index (χ1) is 6.91. The van der Waals surface area contributed by atoms with Gasteiger partial charge in [0.25, 0.3) is 5.24 Å². The lowest BCUT2D eigenvalue weighted by Gasteiger charge is -2.04. The number of hydrogen-bond acceptors (Lipinski definition) is 2. The molecular weight excluding hydrogens is 230 g/mol. The molecule has 0 aliphatic carbocycles. The first-order valence-electron chi connectivity index (χ1n) is 3.81. The van der Waals surface area contributed by atoms with Gasteiger partial charge in [-0.15, -0.1) is 0 Å². The number of rotatable bonds is 3. The third-order valence-electron chi connectivity index (χ3n) is 1.70. The van der Waals surface area contributed by atoms with E-state index in [0.717, 1.165) is 0 Å². The van der Waals surface area contributed by atoms with Crippen LogP contribution in [-0.4, -0.2) is 16.3 Å². The lowest BCUT2D eigenvalue weighted by Crippen LogP contribution is -2.07. The fraction of sp³-hybridized carbons (Fsp3) is 0.111. The Balaban J connectivity index is 3.28. The molecule has 80 valence electrons. The SMILES string of the molecule is O=C(O)Cc1cc(F)c(F)cc1C(=O)Cl. The highest BCUT2D eigenvalue weighted by molar-refractivity contribution is 6.67. The highest BCUT2D eigenvalue weighted by atomic mass is 35.5. The first kappa shape index (κ1) is 11.6. The number of carbonyl (C=O) groups is 2. The molecule has 3 nitrogen and oxygen atoms in total. The van der Waals surface area contributed by atoms with Crippen LogP contribution in [0.15, 0.2) is 12.1 Å². The van der Waals surface area contributed by atoms with Gasteiger partial charge in [0.15, 0.2) is 11.6 Å². The van der Waals surface area contributed by atoms with Crippen molar-refractivity contribution in [2.75, 3.05) is 0 Å². The monoisotopic (exact) mass is 234 g/mol. The van der Waals surface area contributed by atoms with Crippen LogP contribution < -0.4 is 0 Å². The zero-order chi connectivity index (χ0) is 11.6. The molecule has 15 heavy (non-hydrogen) atoms. The van der Waals surface area contributed by atoms with Crippen LogP contribution in [0, 0.1) is 11.6 Å². The Hall–Kier alpha value is -1.49. The van der Waals surface area contributed by atoms with E-state index < -0.39 is 29.3 Å². The maximum Gasteiger partial charge on any atom is 0.307 e. The summed E-state index contributed by atoms with van der Waals surface area (Å²) in [6.45, 7) is 0. The van der Waals surface area contributed by atoms with Crippen LogP contribution in [0.4, 0.5) is 8.78 Å². The molecule has 0 aliphatic heterocycles. The Kier molecular flexibility index (Phi) is 3.36. The number of hydrogen-bond donors (Lipinski definition) is 1. The van der Waals surface area contributed by atoms with E-state index in [4.69, 9.17) is 16.7 Å². The van der Waals surface area contributed by atoms with Crippen molar-refractivity contribution >= 4 is 22.8 Å². The zero-order valence-electron chi connectivity index (χ0n) is 7.26. The van der Waals surface area contributed by atoms with Crippen molar-refractivity contribution in [3.63, 3.8) is 0 Å². The minimum absolute atomic E-state index is 0.151. The van der Waals surface area contributed by atoms with Crippen LogP contribution in [0.1, 0.15) is 15.9 Å². The molecule has 0 unspecified atom stereocenters. The third-order valence-corrected chi connectivity index (χ3v) is 1.90. The fourth-order valence-electron chi connectivity index (χ4n) is 1.08. The van der Waals surface area contributed by atoms with E-state index in [1.165, 1.54) is 0 Å². The molecule has 1 rings (SSSR count). The number of aliphatic carboxylic acids is 1. The zero-order valence-corrected chi connectivity index (χ0v) is 8.02. The summed E-state index contributed by atoms with van der Waals surface area (Å²) in [6.07, 6.45) is -0.592. The van der Waals surface area contributed by atoms with Crippen molar-refractivity contribution in [1.29, 1.82) is 0 Å². The molecule has 1 aromatic carbocycles. The predicted molar refractivity (Wildman–Crippen MR) is 47.9 cm³/mol. The Morgan fingerprint density at radius 3 is 2.27 bits per heavy atom. The summed E-state index contributed by atoms with van der Waals surface area (Å²) in [5.41, 5.74) is -0.487. The van der Waals surface area contributed by atoms with E-state index in [1.54, 1.807) is 0 Å². The van der Waals surface area contributed by atoms with Gasteiger partial charge in [-0.1, -0.05) is 0 Å². The standard InChI is InChI=1S/C9H5ClF2O3/c10-9(15)5-3-7(12)6(11)1-4(5)2-8(13)14/h1,3H,2H2,(H,13,14). The lowest BCUT2D eigenvalue weighted by atomic mass is 10.1. The summed E-state index contributed by atoms with van der Waals surface area (Å²) in [7, 11) is 0. The van der Waals surface area contributed by atoms with E-state index in [0.29, 0.717) is 12.1 Å². The summed E-state index contributed by atoms with van der Waals surface area (Å²) < 4.78 is 25.5. The molecule has 0 radical (unpaired) electrons. The van der Waals surface area contributed by atoms with E-state index in [9.17, 15) is 18.4 Å². The van der Waals surface area contributed by atoms with Gasteiger partial charge in [0.05, 0.1) is 6.42 Å². The molecule has 0 heterocycles. The number of carbonyl (C=O) groups excluding carboxylic acids is 1. The third kappa shape index (κ3) is 2.73. The Labute approximate surface area is 88.3 Å². The average molecular weight is 235 g/mol. The summed E-state index contributed by atoms with van der Waals surface area (Å²) >= 11 is 5.10. The lowest BCUT2D eigenvalue weighted by molar-refractivity contribution is -0.136. The molecule has 0 saturated heterocycles. The predicted octanol–water partition coefficient (Wildman–Crippen LogP) is 1.97. The quantitative estimate of drug-likeness (QED) is 0.814. The molecule has 0 spiro atoms. The van der Waals surface area contributed by atoms with E-state index >= 15 is 0 Å². The van der Waals surface area contributed by atoms with Crippen molar-refractivity contribution in [2.45, 2.75) is 6.42 Å². The van der Waals surface area contributed by atoms with Gasteiger partial charge in [-0.25, -0.2) is 8.78 Å².